The van der Waals surface area contributed by atoms with Crippen molar-refractivity contribution in [3.8, 4) is 5.82 Å². The van der Waals surface area contributed by atoms with Crippen LogP contribution in [0, 0.1) is 0 Å². The van der Waals surface area contributed by atoms with E-state index in [4.69, 9.17) is 0 Å². The van der Waals surface area contributed by atoms with Crippen LogP contribution in [0.15, 0.2) is 55.0 Å². The van der Waals surface area contributed by atoms with E-state index in [0.29, 0.717) is 25.1 Å². The minimum Gasteiger partial charge on any atom is -0.388 e. The number of carbonyl (C=O) groups is 1. The standard InChI is InChI=1S/C19H20N4O2/c1-21-18(22-9-4-5-10-22)16(12-20-21)19(25)23-11-8-17(24)15-7-3-2-6-14(15)13-23/h2-7,9-10,12,17,24H,8,11,13H2,1H3. The molecule has 1 N–H and O–H groups in total. The lowest BCUT2D eigenvalue weighted by Crippen LogP contribution is -2.31. The molecule has 0 aliphatic carbocycles. The summed E-state index contributed by atoms with van der Waals surface area (Å²) in [4.78, 5) is 15.0. The van der Waals surface area contributed by atoms with Gasteiger partial charge in [-0.3, -0.25) is 9.48 Å². The largest absolute Gasteiger partial charge is 0.388 e. The molecule has 0 saturated heterocycles. The van der Waals surface area contributed by atoms with Crippen LogP contribution in [0.3, 0.4) is 0 Å². The molecule has 0 spiro atoms. The number of nitrogens with zero attached hydrogens (tertiary/aromatic N) is 4. The SMILES string of the molecule is Cn1ncc(C(=O)N2CCC(O)c3ccccc3C2)c1-n1cccc1. The van der Waals surface area contributed by atoms with Gasteiger partial charge < -0.3 is 14.6 Å². The van der Waals surface area contributed by atoms with Crippen LogP contribution >= 0.6 is 0 Å². The molecule has 128 valence electrons. The van der Waals surface area contributed by atoms with Gasteiger partial charge in [-0.2, -0.15) is 5.10 Å². The number of aliphatic hydroxyl groups excluding tert-OH is 1. The predicted molar refractivity (Wildman–Crippen MR) is 93.3 cm³/mol. The third-order valence-corrected chi connectivity index (χ3v) is 4.72. The highest BCUT2D eigenvalue weighted by atomic mass is 16.3. The van der Waals surface area contributed by atoms with Gasteiger partial charge in [0.05, 0.1) is 12.3 Å². The van der Waals surface area contributed by atoms with Gasteiger partial charge in [0.15, 0.2) is 0 Å². The van der Waals surface area contributed by atoms with Crippen LogP contribution in [0.4, 0.5) is 0 Å². The van der Waals surface area contributed by atoms with Crippen LogP contribution in [0.1, 0.15) is 34.0 Å². The summed E-state index contributed by atoms with van der Waals surface area (Å²) in [6.45, 7) is 1.00. The van der Waals surface area contributed by atoms with E-state index in [1.807, 2.05) is 60.4 Å². The average molecular weight is 336 g/mol. The second-order valence-corrected chi connectivity index (χ2v) is 6.33. The lowest BCUT2D eigenvalue weighted by molar-refractivity contribution is 0.0723. The molecule has 2 aromatic heterocycles. The Morgan fingerprint density at radius 1 is 1.20 bits per heavy atom. The first-order chi connectivity index (χ1) is 12.1. The first-order valence-electron chi connectivity index (χ1n) is 8.35. The molecule has 6 nitrogen and oxygen atoms in total. The number of aliphatic hydroxyl groups is 1. The Kier molecular flexibility index (Phi) is 3.89. The molecule has 1 amide bonds. The van der Waals surface area contributed by atoms with Gasteiger partial charge in [-0.15, -0.1) is 0 Å². The Labute approximate surface area is 145 Å². The maximum atomic E-state index is 13.2. The van der Waals surface area contributed by atoms with Gasteiger partial charge in [0, 0.05) is 32.5 Å². The molecule has 0 saturated carbocycles. The number of fused-ring (bicyclic) bond motifs is 1. The van der Waals surface area contributed by atoms with Crippen molar-refractivity contribution >= 4 is 5.91 Å². The summed E-state index contributed by atoms with van der Waals surface area (Å²) in [5.41, 5.74) is 2.47. The summed E-state index contributed by atoms with van der Waals surface area (Å²) in [6, 6.07) is 11.6. The van der Waals surface area contributed by atoms with Crippen LogP contribution in [0.25, 0.3) is 5.82 Å². The average Bonchev–Trinajstić information content (AvgIpc) is 3.23. The molecular formula is C19H20N4O2. The molecule has 25 heavy (non-hydrogen) atoms. The van der Waals surface area contributed by atoms with Crippen LogP contribution in [-0.2, 0) is 13.6 Å². The number of hydrogen-bond acceptors (Lipinski definition) is 3. The molecule has 0 fully saturated rings. The molecule has 1 unspecified atom stereocenters. The highest BCUT2D eigenvalue weighted by molar-refractivity contribution is 5.97. The van der Waals surface area contributed by atoms with E-state index < -0.39 is 6.10 Å². The quantitative estimate of drug-likeness (QED) is 0.781. The fourth-order valence-corrected chi connectivity index (χ4v) is 3.43. The maximum absolute atomic E-state index is 13.2. The molecule has 1 aromatic carbocycles. The number of hydrogen-bond donors (Lipinski definition) is 1. The summed E-state index contributed by atoms with van der Waals surface area (Å²) in [5.74, 6) is 0.675. The van der Waals surface area contributed by atoms with E-state index in [1.54, 1.807) is 15.8 Å². The third-order valence-electron chi connectivity index (χ3n) is 4.72. The minimum atomic E-state index is -0.535. The Morgan fingerprint density at radius 3 is 2.76 bits per heavy atom. The molecule has 4 rings (SSSR count). The lowest BCUT2D eigenvalue weighted by atomic mass is 10.0. The van der Waals surface area contributed by atoms with E-state index in [1.165, 1.54) is 0 Å². The number of rotatable bonds is 2. The monoisotopic (exact) mass is 336 g/mol. The predicted octanol–water partition coefficient (Wildman–Crippen LogP) is 2.29. The second-order valence-electron chi connectivity index (χ2n) is 6.33. The molecule has 6 heteroatoms. The summed E-state index contributed by atoms with van der Waals surface area (Å²) in [7, 11) is 1.83. The normalized spacial score (nSPS) is 17.2. The fourth-order valence-electron chi connectivity index (χ4n) is 3.43. The van der Waals surface area contributed by atoms with E-state index in [2.05, 4.69) is 5.10 Å². The van der Waals surface area contributed by atoms with Gasteiger partial charge in [0.1, 0.15) is 11.4 Å². The fraction of sp³-hybridized carbons (Fsp3) is 0.263. The van der Waals surface area contributed by atoms with Crippen molar-refractivity contribution < 1.29 is 9.90 Å². The number of aryl methyl sites for hydroxylation is 1. The smallest absolute Gasteiger partial charge is 0.259 e. The lowest BCUT2D eigenvalue weighted by Gasteiger charge is -2.21. The summed E-state index contributed by atoms with van der Waals surface area (Å²) in [5, 5.41) is 14.6. The maximum Gasteiger partial charge on any atom is 0.259 e. The molecule has 0 radical (unpaired) electrons. The zero-order valence-corrected chi connectivity index (χ0v) is 14.0. The van der Waals surface area contributed by atoms with Crippen molar-refractivity contribution in [1.82, 2.24) is 19.2 Å². The number of carbonyl (C=O) groups excluding carboxylic acids is 1. The van der Waals surface area contributed by atoms with Crippen LogP contribution < -0.4 is 0 Å². The molecule has 1 atom stereocenters. The van der Waals surface area contributed by atoms with E-state index in [9.17, 15) is 9.90 Å². The first kappa shape index (κ1) is 15.7. The van der Waals surface area contributed by atoms with Crippen LogP contribution in [-0.4, -0.2) is 36.8 Å². The number of aromatic nitrogens is 3. The van der Waals surface area contributed by atoms with Crippen molar-refractivity contribution in [3.05, 3.63) is 71.7 Å². The summed E-state index contributed by atoms with van der Waals surface area (Å²) < 4.78 is 3.59. The van der Waals surface area contributed by atoms with Crippen molar-refractivity contribution in [2.24, 2.45) is 7.05 Å². The van der Waals surface area contributed by atoms with Crippen molar-refractivity contribution in [3.63, 3.8) is 0 Å². The van der Waals surface area contributed by atoms with Crippen LogP contribution in [0.2, 0.25) is 0 Å². The van der Waals surface area contributed by atoms with Gasteiger partial charge >= 0.3 is 0 Å². The van der Waals surface area contributed by atoms with Gasteiger partial charge in [-0.25, -0.2) is 0 Å². The van der Waals surface area contributed by atoms with E-state index in [0.717, 1.165) is 16.9 Å². The molecule has 1 aliphatic rings. The highest BCUT2D eigenvalue weighted by Crippen LogP contribution is 2.28. The van der Waals surface area contributed by atoms with Crippen molar-refractivity contribution in [2.45, 2.75) is 19.1 Å². The number of benzene rings is 1. The molecule has 3 aromatic rings. The molecule has 0 bridgehead atoms. The zero-order valence-electron chi connectivity index (χ0n) is 14.0. The molecular weight excluding hydrogens is 316 g/mol. The Bertz CT molecular complexity index is 898. The topological polar surface area (TPSA) is 63.3 Å². The Hall–Kier alpha value is -2.86. The summed E-state index contributed by atoms with van der Waals surface area (Å²) in [6.07, 6.45) is 5.41. The Balaban J connectivity index is 1.69. The molecule has 3 heterocycles. The van der Waals surface area contributed by atoms with Crippen molar-refractivity contribution in [2.75, 3.05) is 6.54 Å². The van der Waals surface area contributed by atoms with E-state index in [-0.39, 0.29) is 5.91 Å². The van der Waals surface area contributed by atoms with Gasteiger partial charge in [0.2, 0.25) is 0 Å². The third kappa shape index (κ3) is 2.74. The van der Waals surface area contributed by atoms with E-state index >= 15 is 0 Å². The Morgan fingerprint density at radius 2 is 1.96 bits per heavy atom. The highest BCUT2D eigenvalue weighted by Gasteiger charge is 2.27. The minimum absolute atomic E-state index is 0.0688. The van der Waals surface area contributed by atoms with Gasteiger partial charge in [-0.1, -0.05) is 24.3 Å². The van der Waals surface area contributed by atoms with Gasteiger partial charge in [0.25, 0.3) is 5.91 Å². The first-order valence-corrected chi connectivity index (χ1v) is 8.35. The van der Waals surface area contributed by atoms with Crippen LogP contribution in [0.5, 0.6) is 0 Å². The zero-order chi connectivity index (χ0) is 17.4. The van der Waals surface area contributed by atoms with Gasteiger partial charge in [-0.05, 0) is 29.7 Å². The second kappa shape index (κ2) is 6.22. The number of amides is 1. The summed E-state index contributed by atoms with van der Waals surface area (Å²) >= 11 is 0. The van der Waals surface area contributed by atoms with Crippen molar-refractivity contribution in [1.29, 1.82) is 0 Å². The molecule has 1 aliphatic heterocycles.